The lowest BCUT2D eigenvalue weighted by Gasteiger charge is -2.17. The average molecular weight is 401 g/mol. The average Bonchev–Trinajstić information content (AvgIpc) is 3.31. The molecule has 0 bridgehead atoms. The zero-order chi connectivity index (χ0) is 20.8. The number of nitrogens with zero attached hydrogens (tertiary/aromatic N) is 1. The first-order chi connectivity index (χ1) is 14.5. The number of allylic oxidation sites excluding steroid dienone is 1. The maximum Gasteiger partial charge on any atom is 0.203 e. The van der Waals surface area contributed by atoms with Gasteiger partial charge in [0.25, 0.3) is 0 Å². The highest BCUT2D eigenvalue weighted by Crippen LogP contribution is 2.36. The van der Waals surface area contributed by atoms with Gasteiger partial charge < -0.3 is 14.2 Å². The number of aryl methyl sites for hydroxylation is 1. The van der Waals surface area contributed by atoms with Crippen LogP contribution in [0.15, 0.2) is 42.3 Å². The van der Waals surface area contributed by atoms with E-state index in [0.717, 1.165) is 33.4 Å². The number of aromatic nitrogens is 1. The SMILES string of the molecule is CC1=Cc2ccc3c(c2CO1)OCC3=O.Cc1cc2ccc3c(c2cn1)OCC3=O. The third-order valence-electron chi connectivity index (χ3n) is 5.39. The van der Waals surface area contributed by atoms with Crippen molar-refractivity contribution in [2.24, 2.45) is 0 Å². The Hall–Kier alpha value is -3.67. The van der Waals surface area contributed by atoms with Crippen LogP contribution in [0.5, 0.6) is 11.5 Å². The largest absolute Gasteiger partial charge is 0.493 e. The summed E-state index contributed by atoms with van der Waals surface area (Å²) in [4.78, 5) is 27.1. The van der Waals surface area contributed by atoms with Crippen molar-refractivity contribution in [3.63, 3.8) is 0 Å². The highest BCUT2D eigenvalue weighted by molar-refractivity contribution is 6.08. The van der Waals surface area contributed by atoms with Gasteiger partial charge in [-0.3, -0.25) is 14.6 Å². The smallest absolute Gasteiger partial charge is 0.203 e. The number of carbonyl (C=O) groups excluding carboxylic acids is 2. The fourth-order valence-electron chi connectivity index (χ4n) is 3.87. The predicted molar refractivity (Wildman–Crippen MR) is 111 cm³/mol. The molecule has 0 unspecified atom stereocenters. The van der Waals surface area contributed by atoms with Gasteiger partial charge in [-0.05, 0) is 49.1 Å². The second-order valence-corrected chi connectivity index (χ2v) is 7.47. The highest BCUT2D eigenvalue weighted by Gasteiger charge is 2.27. The van der Waals surface area contributed by atoms with Crippen molar-refractivity contribution in [2.45, 2.75) is 20.5 Å². The van der Waals surface area contributed by atoms with E-state index >= 15 is 0 Å². The predicted octanol–water partition coefficient (Wildman–Crippen LogP) is 4.27. The Labute approximate surface area is 173 Å². The molecule has 30 heavy (non-hydrogen) atoms. The summed E-state index contributed by atoms with van der Waals surface area (Å²) in [6.07, 6.45) is 3.73. The zero-order valence-electron chi connectivity index (χ0n) is 16.7. The van der Waals surface area contributed by atoms with E-state index in [1.54, 1.807) is 6.20 Å². The number of rotatable bonds is 0. The van der Waals surface area contributed by atoms with Gasteiger partial charge in [-0.25, -0.2) is 0 Å². The first-order valence-electron chi connectivity index (χ1n) is 9.69. The van der Waals surface area contributed by atoms with Gasteiger partial charge in [0, 0.05) is 22.8 Å². The van der Waals surface area contributed by atoms with Gasteiger partial charge in [0.1, 0.15) is 18.1 Å². The van der Waals surface area contributed by atoms with Gasteiger partial charge in [-0.15, -0.1) is 0 Å². The van der Waals surface area contributed by atoms with Crippen LogP contribution in [0.25, 0.3) is 16.8 Å². The topological polar surface area (TPSA) is 74.7 Å². The van der Waals surface area contributed by atoms with Crippen LogP contribution in [-0.4, -0.2) is 29.8 Å². The standard InChI is InChI=1S/C12H9NO2.C12H10O3/c1-7-4-8-2-3-9-11(14)6-15-12(9)10(8)5-13-7;1-7-4-8-2-3-9-11(13)6-15-12(9)10(8)5-14-7/h2-5H,6H2,1H3;2-4H,5-6H2,1H3. The van der Waals surface area contributed by atoms with Crippen LogP contribution in [0.2, 0.25) is 0 Å². The second-order valence-electron chi connectivity index (χ2n) is 7.47. The molecule has 0 radical (unpaired) electrons. The van der Waals surface area contributed by atoms with E-state index in [-0.39, 0.29) is 24.8 Å². The fraction of sp³-hybridized carbons (Fsp3) is 0.208. The molecular formula is C24H19NO5. The summed E-state index contributed by atoms with van der Waals surface area (Å²) < 4.78 is 16.2. The lowest BCUT2D eigenvalue weighted by Crippen LogP contribution is -2.02. The summed E-state index contributed by atoms with van der Waals surface area (Å²) in [5.41, 5.74) is 4.40. The molecule has 6 nitrogen and oxygen atoms in total. The minimum absolute atomic E-state index is 0.0486. The molecule has 4 heterocycles. The van der Waals surface area contributed by atoms with Crippen LogP contribution in [0.3, 0.4) is 0 Å². The third kappa shape index (κ3) is 3.01. The fourth-order valence-corrected chi connectivity index (χ4v) is 3.87. The van der Waals surface area contributed by atoms with Crippen molar-refractivity contribution >= 4 is 28.4 Å². The van der Waals surface area contributed by atoms with Crippen molar-refractivity contribution < 1.29 is 23.8 Å². The maximum absolute atomic E-state index is 11.4. The van der Waals surface area contributed by atoms with Gasteiger partial charge in [0.2, 0.25) is 11.6 Å². The van der Waals surface area contributed by atoms with Crippen molar-refractivity contribution in [3.05, 3.63) is 70.2 Å². The van der Waals surface area contributed by atoms with Gasteiger partial charge in [0.05, 0.1) is 16.9 Å². The monoisotopic (exact) mass is 401 g/mol. The summed E-state index contributed by atoms with van der Waals surface area (Å²) in [5.74, 6) is 2.39. The molecule has 0 amide bonds. The number of hydrogen-bond donors (Lipinski definition) is 0. The molecule has 0 aliphatic carbocycles. The van der Waals surface area contributed by atoms with Crippen molar-refractivity contribution in [2.75, 3.05) is 13.2 Å². The Balaban J connectivity index is 0.000000128. The lowest BCUT2D eigenvalue weighted by molar-refractivity contribution is 0.0954. The molecule has 0 N–H and O–H groups in total. The molecule has 6 heteroatoms. The molecule has 150 valence electrons. The number of carbonyl (C=O) groups is 2. The van der Waals surface area contributed by atoms with E-state index in [1.165, 1.54) is 0 Å². The van der Waals surface area contributed by atoms with Gasteiger partial charge in [-0.1, -0.05) is 12.1 Å². The van der Waals surface area contributed by atoms with Crippen molar-refractivity contribution in [3.8, 4) is 11.5 Å². The second kappa shape index (κ2) is 6.99. The Morgan fingerprint density at radius 1 is 0.833 bits per heavy atom. The summed E-state index contributed by atoms with van der Waals surface area (Å²) in [6, 6.07) is 9.54. The van der Waals surface area contributed by atoms with Crippen LogP contribution >= 0.6 is 0 Å². The molecule has 0 spiro atoms. The molecule has 0 fully saturated rings. The molecule has 0 saturated carbocycles. The Morgan fingerprint density at radius 2 is 1.53 bits per heavy atom. The number of benzene rings is 2. The van der Waals surface area contributed by atoms with E-state index < -0.39 is 0 Å². The van der Waals surface area contributed by atoms with Crippen molar-refractivity contribution in [1.82, 2.24) is 4.98 Å². The molecule has 1 aromatic heterocycles. The molecule has 6 rings (SSSR count). The van der Waals surface area contributed by atoms with Gasteiger partial charge >= 0.3 is 0 Å². The number of ether oxygens (including phenoxy) is 3. The third-order valence-corrected chi connectivity index (χ3v) is 5.39. The molecule has 3 aromatic rings. The molecule has 0 saturated heterocycles. The molecule has 3 aliphatic rings. The van der Waals surface area contributed by atoms with E-state index in [1.807, 2.05) is 50.3 Å². The molecule has 2 aromatic carbocycles. The minimum atomic E-state index is 0.0486. The van der Waals surface area contributed by atoms with E-state index in [0.29, 0.717) is 29.2 Å². The Morgan fingerprint density at radius 3 is 2.33 bits per heavy atom. The van der Waals surface area contributed by atoms with E-state index in [9.17, 15) is 9.59 Å². The van der Waals surface area contributed by atoms with Gasteiger partial charge in [-0.2, -0.15) is 0 Å². The lowest BCUT2D eigenvalue weighted by atomic mass is 10.00. The number of pyridine rings is 1. The van der Waals surface area contributed by atoms with Crippen LogP contribution in [-0.2, 0) is 11.3 Å². The van der Waals surface area contributed by atoms with E-state index in [4.69, 9.17) is 14.2 Å². The normalized spacial score (nSPS) is 15.7. The summed E-state index contributed by atoms with van der Waals surface area (Å²) >= 11 is 0. The summed E-state index contributed by atoms with van der Waals surface area (Å²) in [7, 11) is 0. The minimum Gasteiger partial charge on any atom is -0.493 e. The maximum atomic E-state index is 11.4. The Bertz CT molecular complexity index is 1260. The van der Waals surface area contributed by atoms with E-state index in [2.05, 4.69) is 4.98 Å². The number of ketones is 2. The van der Waals surface area contributed by atoms with Gasteiger partial charge in [0.15, 0.2) is 13.2 Å². The number of hydrogen-bond acceptors (Lipinski definition) is 6. The van der Waals surface area contributed by atoms with Crippen LogP contribution in [0.4, 0.5) is 0 Å². The molecule has 0 atom stereocenters. The quantitative estimate of drug-likeness (QED) is 0.560. The summed E-state index contributed by atoms with van der Waals surface area (Å²) in [6.45, 7) is 4.67. The first kappa shape index (κ1) is 18.4. The van der Waals surface area contributed by atoms with Crippen LogP contribution in [0.1, 0.15) is 44.5 Å². The van der Waals surface area contributed by atoms with Crippen LogP contribution in [0, 0.1) is 6.92 Å². The number of Topliss-reactive ketones (excluding diaryl/α,β-unsaturated/α-hetero) is 2. The number of fused-ring (bicyclic) bond motifs is 6. The van der Waals surface area contributed by atoms with Crippen molar-refractivity contribution in [1.29, 1.82) is 0 Å². The highest BCUT2D eigenvalue weighted by atomic mass is 16.5. The first-order valence-corrected chi connectivity index (χ1v) is 9.69. The molecule has 3 aliphatic heterocycles. The van der Waals surface area contributed by atoms with Crippen LogP contribution < -0.4 is 9.47 Å². The molecular weight excluding hydrogens is 382 g/mol. The zero-order valence-corrected chi connectivity index (χ0v) is 16.7. The Kier molecular flexibility index (Phi) is 4.28. The summed E-state index contributed by atoms with van der Waals surface area (Å²) in [5, 5.41) is 1.99.